The van der Waals surface area contributed by atoms with Crippen molar-refractivity contribution in [3.05, 3.63) is 89.7 Å². The van der Waals surface area contributed by atoms with Crippen molar-refractivity contribution in [2.75, 3.05) is 13.6 Å². The average Bonchev–Trinajstić information content (AvgIpc) is 2.62. The maximum absolute atomic E-state index is 4.11. The summed E-state index contributed by atoms with van der Waals surface area (Å²) in [5.74, 6) is 0.455. The van der Waals surface area contributed by atoms with Gasteiger partial charge in [0.15, 0.2) is 0 Å². The van der Waals surface area contributed by atoms with Gasteiger partial charge in [-0.3, -0.25) is 4.98 Å². The van der Waals surface area contributed by atoms with Gasteiger partial charge in [-0.15, -0.1) is 0 Å². The third-order valence-corrected chi connectivity index (χ3v) is 4.67. The zero-order valence-electron chi connectivity index (χ0n) is 13.3. The molecular weight excluding hydrogens is 280 g/mol. The molecule has 0 fully saturated rings. The lowest BCUT2D eigenvalue weighted by atomic mass is 9.83. The first-order valence-electron chi connectivity index (χ1n) is 8.08. The second-order valence-corrected chi connectivity index (χ2v) is 6.31. The highest BCUT2D eigenvalue weighted by Gasteiger charge is 2.24. The number of hydrogen-bond acceptors (Lipinski definition) is 2. The fraction of sp³-hybridized carbons (Fsp3) is 0.190. The van der Waals surface area contributed by atoms with Crippen LogP contribution in [0.3, 0.4) is 0 Å². The average molecular weight is 300 g/mol. The minimum absolute atomic E-state index is 0.455. The first-order valence-corrected chi connectivity index (χ1v) is 8.08. The number of benzene rings is 2. The van der Waals surface area contributed by atoms with E-state index in [0.717, 1.165) is 13.1 Å². The van der Waals surface area contributed by atoms with Crippen LogP contribution in [0.1, 0.15) is 22.6 Å². The number of nitrogens with zero attached hydrogens (tertiary/aromatic N) is 2. The molecule has 2 nitrogen and oxygen atoms in total. The Morgan fingerprint density at radius 3 is 2.48 bits per heavy atom. The van der Waals surface area contributed by atoms with Crippen LogP contribution in [-0.4, -0.2) is 23.5 Å². The van der Waals surface area contributed by atoms with Crippen LogP contribution in [0, 0.1) is 0 Å². The Morgan fingerprint density at radius 1 is 0.913 bits per heavy atom. The molecule has 2 heteroatoms. The molecule has 0 aliphatic carbocycles. The first kappa shape index (κ1) is 14.2. The molecule has 4 rings (SSSR count). The van der Waals surface area contributed by atoms with Gasteiger partial charge in [-0.25, -0.2) is 0 Å². The number of pyridine rings is 1. The Balaban J connectivity index is 1.77. The predicted octanol–water partition coefficient (Wildman–Crippen LogP) is 4.33. The molecule has 0 amide bonds. The normalized spacial score (nSPS) is 17.7. The Kier molecular flexibility index (Phi) is 3.68. The van der Waals surface area contributed by atoms with Gasteiger partial charge >= 0.3 is 0 Å². The highest BCUT2D eigenvalue weighted by molar-refractivity contribution is 5.65. The molecule has 0 N–H and O–H groups in total. The number of aromatic nitrogens is 1. The molecule has 1 aliphatic heterocycles. The van der Waals surface area contributed by atoms with Gasteiger partial charge in [0.2, 0.25) is 0 Å². The van der Waals surface area contributed by atoms with Crippen molar-refractivity contribution in [2.45, 2.75) is 12.5 Å². The van der Waals surface area contributed by atoms with Crippen molar-refractivity contribution >= 4 is 0 Å². The van der Waals surface area contributed by atoms with E-state index in [4.69, 9.17) is 0 Å². The van der Waals surface area contributed by atoms with Gasteiger partial charge in [0.25, 0.3) is 0 Å². The minimum atomic E-state index is 0.455. The zero-order valence-corrected chi connectivity index (χ0v) is 13.3. The van der Waals surface area contributed by atoms with Crippen molar-refractivity contribution in [1.29, 1.82) is 0 Å². The molecule has 1 aromatic heterocycles. The van der Waals surface area contributed by atoms with Crippen LogP contribution in [0.25, 0.3) is 11.1 Å². The van der Waals surface area contributed by atoms with Crippen LogP contribution < -0.4 is 0 Å². The number of fused-ring (bicyclic) bond motifs is 1. The summed E-state index contributed by atoms with van der Waals surface area (Å²) in [6.07, 6.45) is 3.71. The van der Waals surface area contributed by atoms with Gasteiger partial charge in [0.1, 0.15) is 0 Å². The van der Waals surface area contributed by atoms with E-state index in [2.05, 4.69) is 77.6 Å². The number of likely N-dealkylation sites (N-methyl/N-ethyl adjacent to an activating group) is 1. The molecule has 1 aliphatic rings. The SMILES string of the molecule is CN1Cc2cc(-c3ccncc3)ccc2[C@@H](c2ccccc2)C1. The smallest absolute Gasteiger partial charge is 0.0273 e. The van der Waals surface area contributed by atoms with E-state index in [1.54, 1.807) is 0 Å². The predicted molar refractivity (Wildman–Crippen MR) is 94.3 cm³/mol. The van der Waals surface area contributed by atoms with Crippen molar-refractivity contribution in [3.8, 4) is 11.1 Å². The molecule has 1 atom stereocenters. The van der Waals surface area contributed by atoms with E-state index in [9.17, 15) is 0 Å². The van der Waals surface area contributed by atoms with Crippen LogP contribution in [0.4, 0.5) is 0 Å². The summed E-state index contributed by atoms with van der Waals surface area (Å²) in [6, 6.07) is 21.9. The van der Waals surface area contributed by atoms with Crippen molar-refractivity contribution in [1.82, 2.24) is 9.88 Å². The summed E-state index contributed by atoms with van der Waals surface area (Å²) >= 11 is 0. The zero-order chi connectivity index (χ0) is 15.6. The van der Waals surface area contributed by atoms with E-state index in [-0.39, 0.29) is 0 Å². The molecule has 23 heavy (non-hydrogen) atoms. The van der Waals surface area contributed by atoms with Crippen molar-refractivity contribution in [2.24, 2.45) is 0 Å². The summed E-state index contributed by atoms with van der Waals surface area (Å²) in [4.78, 5) is 6.53. The van der Waals surface area contributed by atoms with Crippen LogP contribution >= 0.6 is 0 Å². The summed E-state index contributed by atoms with van der Waals surface area (Å²) in [5, 5.41) is 0. The topological polar surface area (TPSA) is 16.1 Å². The highest BCUT2D eigenvalue weighted by Crippen LogP contribution is 2.35. The third-order valence-electron chi connectivity index (χ3n) is 4.67. The van der Waals surface area contributed by atoms with Gasteiger partial charge in [0, 0.05) is 31.4 Å². The van der Waals surface area contributed by atoms with Crippen LogP contribution in [0.15, 0.2) is 73.1 Å². The lowest BCUT2D eigenvalue weighted by Gasteiger charge is -2.33. The number of rotatable bonds is 2. The monoisotopic (exact) mass is 300 g/mol. The molecule has 0 saturated carbocycles. The van der Waals surface area contributed by atoms with E-state index in [0.29, 0.717) is 5.92 Å². The minimum Gasteiger partial charge on any atom is -0.301 e. The standard InChI is InChI=1S/C21H20N2/c1-23-14-19-13-18(16-9-11-22-12-10-16)7-8-20(19)21(15-23)17-5-3-2-4-6-17/h2-13,21H,14-15H2,1H3/t21-/m1/s1. The second kappa shape index (κ2) is 5.98. The van der Waals surface area contributed by atoms with Crippen LogP contribution in [-0.2, 0) is 6.54 Å². The van der Waals surface area contributed by atoms with E-state index >= 15 is 0 Å². The Morgan fingerprint density at radius 2 is 1.70 bits per heavy atom. The van der Waals surface area contributed by atoms with Gasteiger partial charge in [-0.1, -0.05) is 42.5 Å². The number of hydrogen-bond donors (Lipinski definition) is 0. The summed E-state index contributed by atoms with van der Waals surface area (Å²) in [6.45, 7) is 2.09. The Labute approximate surface area is 137 Å². The van der Waals surface area contributed by atoms with E-state index in [1.165, 1.54) is 27.8 Å². The molecule has 0 bridgehead atoms. The van der Waals surface area contributed by atoms with Crippen molar-refractivity contribution < 1.29 is 0 Å². The van der Waals surface area contributed by atoms with E-state index in [1.807, 2.05) is 12.4 Å². The summed E-state index contributed by atoms with van der Waals surface area (Å²) in [7, 11) is 2.21. The quantitative estimate of drug-likeness (QED) is 0.700. The molecule has 0 radical (unpaired) electrons. The van der Waals surface area contributed by atoms with Crippen LogP contribution in [0.2, 0.25) is 0 Å². The highest BCUT2D eigenvalue weighted by atomic mass is 15.1. The maximum Gasteiger partial charge on any atom is 0.0273 e. The summed E-state index contributed by atoms with van der Waals surface area (Å²) in [5.41, 5.74) is 6.80. The second-order valence-electron chi connectivity index (χ2n) is 6.31. The summed E-state index contributed by atoms with van der Waals surface area (Å²) < 4.78 is 0. The Bertz CT molecular complexity index is 797. The lowest BCUT2D eigenvalue weighted by Crippen LogP contribution is -2.30. The lowest BCUT2D eigenvalue weighted by molar-refractivity contribution is 0.295. The van der Waals surface area contributed by atoms with Gasteiger partial charge in [-0.05, 0) is 53.1 Å². The molecule has 0 saturated heterocycles. The molecule has 0 spiro atoms. The van der Waals surface area contributed by atoms with Gasteiger partial charge in [0.05, 0.1) is 0 Å². The van der Waals surface area contributed by atoms with E-state index < -0.39 is 0 Å². The maximum atomic E-state index is 4.11. The third kappa shape index (κ3) is 2.78. The fourth-order valence-corrected chi connectivity index (χ4v) is 3.54. The molecule has 2 heterocycles. The fourth-order valence-electron chi connectivity index (χ4n) is 3.54. The van der Waals surface area contributed by atoms with Gasteiger partial charge < -0.3 is 4.90 Å². The Hall–Kier alpha value is -2.45. The molecule has 114 valence electrons. The first-order chi connectivity index (χ1) is 11.3. The molecular formula is C21H20N2. The van der Waals surface area contributed by atoms with Gasteiger partial charge in [-0.2, -0.15) is 0 Å². The molecule has 0 unspecified atom stereocenters. The van der Waals surface area contributed by atoms with Crippen molar-refractivity contribution in [3.63, 3.8) is 0 Å². The largest absolute Gasteiger partial charge is 0.301 e. The van der Waals surface area contributed by atoms with Crippen LogP contribution in [0.5, 0.6) is 0 Å². The molecule has 2 aromatic carbocycles. The molecule has 3 aromatic rings.